The van der Waals surface area contributed by atoms with Gasteiger partial charge < -0.3 is 0 Å². The number of hydrogen-bond acceptors (Lipinski definition) is 0. The van der Waals surface area contributed by atoms with E-state index in [-0.39, 0.29) is 0 Å². The third-order valence-corrected chi connectivity index (χ3v) is 6.47. The molecular weight excluding hydrogens is 360 g/mol. The summed E-state index contributed by atoms with van der Waals surface area (Å²) in [7, 11) is 0. The lowest BCUT2D eigenvalue weighted by Gasteiger charge is -2.20. The first kappa shape index (κ1) is 24.7. The van der Waals surface area contributed by atoms with Crippen LogP contribution in [0.4, 0.5) is 0 Å². The zero-order valence-corrected chi connectivity index (χ0v) is 20.1. The molecule has 0 atom stereocenters. The lowest BCUT2D eigenvalue weighted by molar-refractivity contribution is 0.640. The summed E-state index contributed by atoms with van der Waals surface area (Å²) >= 11 is 0. The quantitative estimate of drug-likeness (QED) is 0.243. The van der Waals surface area contributed by atoms with Crippen LogP contribution in [0.2, 0.25) is 0 Å². The number of unbranched alkanes of at least 4 members (excludes halogenated alkanes) is 9. The van der Waals surface area contributed by atoms with Gasteiger partial charge in [-0.2, -0.15) is 0 Å². The van der Waals surface area contributed by atoms with Crippen molar-refractivity contribution < 1.29 is 0 Å². The molecule has 0 fully saturated rings. The summed E-state index contributed by atoms with van der Waals surface area (Å²) in [6, 6.07) is 16.0. The minimum Gasteiger partial charge on any atom is -0.0654 e. The molecule has 0 aliphatic rings. The van der Waals surface area contributed by atoms with Crippen molar-refractivity contribution in [3.63, 3.8) is 0 Å². The minimum atomic E-state index is 1.25. The van der Waals surface area contributed by atoms with E-state index in [2.05, 4.69) is 63.2 Å². The van der Waals surface area contributed by atoms with Gasteiger partial charge in [0.1, 0.15) is 0 Å². The van der Waals surface area contributed by atoms with Crippen LogP contribution in [0.25, 0.3) is 11.1 Å². The number of rotatable bonds is 16. The molecule has 0 saturated heterocycles. The van der Waals surface area contributed by atoms with Gasteiger partial charge in [0.05, 0.1) is 0 Å². The first-order valence-corrected chi connectivity index (χ1v) is 13.0. The molecule has 30 heavy (non-hydrogen) atoms. The predicted octanol–water partition coefficient (Wildman–Crippen LogP) is 9.72. The van der Waals surface area contributed by atoms with Crippen molar-refractivity contribution in [2.45, 2.75) is 117 Å². The summed E-state index contributed by atoms with van der Waals surface area (Å²) in [5.74, 6) is 0. The number of aryl methyl sites for hydroxylation is 1. The maximum absolute atomic E-state index is 2.47. The topological polar surface area (TPSA) is 0 Å². The molecule has 0 radical (unpaired) electrons. The van der Waals surface area contributed by atoms with Gasteiger partial charge in [0.25, 0.3) is 0 Å². The van der Waals surface area contributed by atoms with Gasteiger partial charge >= 0.3 is 0 Å². The molecule has 2 rings (SSSR count). The van der Waals surface area contributed by atoms with Gasteiger partial charge in [-0.3, -0.25) is 0 Å². The van der Waals surface area contributed by atoms with E-state index < -0.39 is 0 Å². The highest BCUT2D eigenvalue weighted by Gasteiger charge is 2.14. The Morgan fingerprint density at radius 2 is 1.00 bits per heavy atom. The highest BCUT2D eigenvalue weighted by atomic mass is 14.2. The van der Waals surface area contributed by atoms with Gasteiger partial charge in [0.15, 0.2) is 0 Å². The highest BCUT2D eigenvalue weighted by molar-refractivity contribution is 5.70. The molecule has 0 bridgehead atoms. The summed E-state index contributed by atoms with van der Waals surface area (Å²) in [6.07, 6.45) is 20.0. The van der Waals surface area contributed by atoms with Crippen LogP contribution in [0.15, 0.2) is 42.5 Å². The molecule has 0 aromatic heterocycles. The van der Waals surface area contributed by atoms with E-state index in [1.54, 1.807) is 16.7 Å². The highest BCUT2D eigenvalue weighted by Crippen LogP contribution is 2.32. The van der Waals surface area contributed by atoms with Crippen LogP contribution in [0.1, 0.15) is 115 Å². The van der Waals surface area contributed by atoms with Gasteiger partial charge in [0.2, 0.25) is 0 Å². The largest absolute Gasteiger partial charge is 0.0654 e. The van der Waals surface area contributed by atoms with E-state index in [0.717, 1.165) is 0 Å². The standard InChI is InChI=1S/C30H46/c1-4-7-10-14-21-27-24-25-29(26-19-15-13-16-20-26)30(23-18-12-9-6-3)28(27)22-17-11-8-5-2/h13,15-16,19-20,24-25H,4-12,14,17-18,21-23H2,1-3H3. The Kier molecular flexibility index (Phi) is 12.6. The van der Waals surface area contributed by atoms with Gasteiger partial charge in [-0.25, -0.2) is 0 Å². The maximum Gasteiger partial charge on any atom is -0.0149 e. The van der Waals surface area contributed by atoms with E-state index in [4.69, 9.17) is 0 Å². The van der Waals surface area contributed by atoms with Crippen LogP contribution in [0.5, 0.6) is 0 Å². The lowest BCUT2D eigenvalue weighted by atomic mass is 9.85. The van der Waals surface area contributed by atoms with Crippen molar-refractivity contribution in [2.75, 3.05) is 0 Å². The molecule has 0 unspecified atom stereocenters. The Morgan fingerprint density at radius 3 is 1.57 bits per heavy atom. The molecule has 0 aliphatic carbocycles. The van der Waals surface area contributed by atoms with Crippen molar-refractivity contribution in [3.05, 3.63) is 59.2 Å². The Morgan fingerprint density at radius 1 is 0.467 bits per heavy atom. The molecule has 0 aliphatic heterocycles. The van der Waals surface area contributed by atoms with Crippen LogP contribution in [-0.2, 0) is 19.3 Å². The molecule has 2 aromatic carbocycles. The second kappa shape index (κ2) is 15.3. The fourth-order valence-electron chi connectivity index (χ4n) is 4.66. The van der Waals surface area contributed by atoms with Gasteiger partial charge in [-0.15, -0.1) is 0 Å². The van der Waals surface area contributed by atoms with E-state index in [0.29, 0.717) is 0 Å². The summed E-state index contributed by atoms with van der Waals surface area (Å²) in [5.41, 5.74) is 7.92. The SMILES string of the molecule is CCCCCCc1ccc(-c2ccccc2)c(CCCCCC)c1CCCCCC. The van der Waals surface area contributed by atoms with E-state index in [1.807, 2.05) is 0 Å². The molecule has 0 spiro atoms. The van der Waals surface area contributed by atoms with Crippen LogP contribution in [0.3, 0.4) is 0 Å². The van der Waals surface area contributed by atoms with Gasteiger partial charge in [-0.05, 0) is 66.3 Å². The molecule has 0 amide bonds. The van der Waals surface area contributed by atoms with Crippen LogP contribution in [-0.4, -0.2) is 0 Å². The van der Waals surface area contributed by atoms with Crippen LogP contribution >= 0.6 is 0 Å². The van der Waals surface area contributed by atoms with Gasteiger partial charge in [0, 0.05) is 0 Å². The first-order valence-electron chi connectivity index (χ1n) is 13.0. The molecule has 0 saturated carbocycles. The predicted molar refractivity (Wildman–Crippen MR) is 135 cm³/mol. The molecule has 0 N–H and O–H groups in total. The summed E-state index contributed by atoms with van der Waals surface area (Å²) in [6.45, 7) is 6.93. The fourth-order valence-corrected chi connectivity index (χ4v) is 4.66. The third-order valence-electron chi connectivity index (χ3n) is 6.47. The van der Waals surface area contributed by atoms with E-state index >= 15 is 0 Å². The zero-order chi connectivity index (χ0) is 21.4. The van der Waals surface area contributed by atoms with Crippen molar-refractivity contribution in [1.29, 1.82) is 0 Å². The molecule has 166 valence electrons. The average Bonchev–Trinajstić information content (AvgIpc) is 2.78. The Bertz CT molecular complexity index is 683. The molecular formula is C30H46. The van der Waals surface area contributed by atoms with Crippen LogP contribution < -0.4 is 0 Å². The smallest absolute Gasteiger partial charge is 0.0149 e. The second-order valence-corrected chi connectivity index (χ2v) is 9.03. The Labute approximate surface area is 187 Å². The normalized spacial score (nSPS) is 11.2. The number of benzene rings is 2. The van der Waals surface area contributed by atoms with Crippen molar-refractivity contribution >= 4 is 0 Å². The molecule has 0 nitrogen and oxygen atoms in total. The zero-order valence-electron chi connectivity index (χ0n) is 20.1. The fraction of sp³-hybridized carbons (Fsp3) is 0.600. The van der Waals surface area contributed by atoms with Crippen molar-refractivity contribution in [1.82, 2.24) is 0 Å². The van der Waals surface area contributed by atoms with Crippen molar-refractivity contribution in [2.24, 2.45) is 0 Å². The molecule has 0 heteroatoms. The first-order chi connectivity index (χ1) is 14.8. The summed E-state index contributed by atoms with van der Waals surface area (Å²) in [4.78, 5) is 0. The summed E-state index contributed by atoms with van der Waals surface area (Å²) < 4.78 is 0. The second-order valence-electron chi connectivity index (χ2n) is 9.03. The van der Waals surface area contributed by atoms with Crippen molar-refractivity contribution in [3.8, 4) is 11.1 Å². The third kappa shape index (κ3) is 8.29. The Balaban J connectivity index is 2.33. The van der Waals surface area contributed by atoms with Crippen LogP contribution in [0, 0.1) is 0 Å². The minimum absolute atomic E-state index is 1.25. The van der Waals surface area contributed by atoms with E-state index in [9.17, 15) is 0 Å². The van der Waals surface area contributed by atoms with Gasteiger partial charge in [-0.1, -0.05) is 121 Å². The molecule has 2 aromatic rings. The maximum atomic E-state index is 2.47. The van der Waals surface area contributed by atoms with E-state index in [1.165, 1.54) is 107 Å². The average molecular weight is 407 g/mol. The summed E-state index contributed by atoms with van der Waals surface area (Å²) in [5, 5.41) is 0. The Hall–Kier alpha value is -1.56. The molecule has 0 heterocycles. The lowest BCUT2D eigenvalue weighted by Crippen LogP contribution is -2.04. The monoisotopic (exact) mass is 406 g/mol. The number of hydrogen-bond donors (Lipinski definition) is 0.